The molecule has 0 saturated carbocycles. The van der Waals surface area contributed by atoms with Crippen LogP contribution in [0.4, 0.5) is 0 Å². The first-order valence-electron chi connectivity index (χ1n) is 7.75. The molecule has 0 saturated heterocycles. The van der Waals surface area contributed by atoms with E-state index in [2.05, 4.69) is 20.3 Å². The van der Waals surface area contributed by atoms with E-state index in [0.29, 0.717) is 17.9 Å². The fourth-order valence-electron chi connectivity index (χ4n) is 2.36. The van der Waals surface area contributed by atoms with Crippen LogP contribution in [0.1, 0.15) is 34.4 Å². The van der Waals surface area contributed by atoms with Crippen molar-refractivity contribution in [2.75, 3.05) is 0 Å². The predicted octanol–water partition coefficient (Wildman–Crippen LogP) is 2.08. The van der Waals surface area contributed by atoms with Crippen LogP contribution < -0.4 is 10.5 Å². The van der Waals surface area contributed by atoms with E-state index in [-0.39, 0.29) is 18.1 Å². The van der Waals surface area contributed by atoms with Crippen molar-refractivity contribution in [3.05, 3.63) is 53.3 Å². The van der Waals surface area contributed by atoms with Gasteiger partial charge in [0.25, 0.3) is 5.91 Å². The highest BCUT2D eigenvalue weighted by molar-refractivity contribution is 5.93. The summed E-state index contributed by atoms with van der Waals surface area (Å²) in [6.07, 6.45) is 3.82. The molecule has 0 bridgehead atoms. The Morgan fingerprint density at radius 2 is 2.16 bits per heavy atom. The number of amides is 1. The van der Waals surface area contributed by atoms with Crippen molar-refractivity contribution < 1.29 is 14.1 Å². The maximum Gasteiger partial charge on any atom is 0.273 e. The largest absolute Gasteiger partial charge is 0.486 e. The molecule has 25 heavy (non-hydrogen) atoms. The Bertz CT molecular complexity index is 890. The van der Waals surface area contributed by atoms with Gasteiger partial charge in [0, 0.05) is 29.9 Å². The van der Waals surface area contributed by atoms with E-state index in [1.807, 2.05) is 26.0 Å². The summed E-state index contributed by atoms with van der Waals surface area (Å²) in [5, 5.41) is 11.5. The average molecular weight is 339 g/mol. The molecular weight excluding hydrogens is 322 g/mol. The van der Waals surface area contributed by atoms with Gasteiger partial charge >= 0.3 is 0 Å². The lowest BCUT2D eigenvalue weighted by Crippen LogP contribution is -2.16. The molecule has 8 heteroatoms. The summed E-state index contributed by atoms with van der Waals surface area (Å²) < 4.78 is 11.2. The molecule has 0 atom stereocenters. The van der Waals surface area contributed by atoms with Crippen molar-refractivity contribution in [3.8, 4) is 17.0 Å². The van der Waals surface area contributed by atoms with Crippen LogP contribution in [0.15, 0.2) is 35.1 Å². The van der Waals surface area contributed by atoms with Crippen molar-refractivity contribution in [1.82, 2.24) is 20.3 Å². The van der Waals surface area contributed by atoms with E-state index in [1.54, 1.807) is 12.3 Å². The molecule has 0 aromatic carbocycles. The van der Waals surface area contributed by atoms with E-state index in [9.17, 15) is 4.79 Å². The minimum absolute atomic E-state index is 0.0180. The average Bonchev–Trinajstić information content (AvgIpc) is 3.03. The number of nitrogens with two attached hydrogens (primary N) is 1. The number of rotatable bonds is 6. The highest BCUT2D eigenvalue weighted by Gasteiger charge is 2.19. The van der Waals surface area contributed by atoms with E-state index in [0.717, 1.165) is 16.8 Å². The molecule has 3 heterocycles. The number of ether oxygens (including phenoxy) is 1. The normalized spacial score (nSPS) is 10.6. The van der Waals surface area contributed by atoms with Gasteiger partial charge in [-0.3, -0.25) is 9.78 Å². The molecule has 0 aliphatic heterocycles. The Morgan fingerprint density at radius 3 is 2.84 bits per heavy atom. The maximum absolute atomic E-state index is 11.4. The van der Waals surface area contributed by atoms with Gasteiger partial charge in [0.1, 0.15) is 18.1 Å². The van der Waals surface area contributed by atoms with Crippen LogP contribution in [0.3, 0.4) is 0 Å². The summed E-state index contributed by atoms with van der Waals surface area (Å²) in [4.78, 5) is 15.7. The molecule has 128 valence electrons. The SMILES string of the molecule is CCc1onc(-c2ccc(C)nc2)c1COc1ccnnc1C(N)=O. The van der Waals surface area contributed by atoms with Gasteiger partial charge < -0.3 is 15.0 Å². The van der Waals surface area contributed by atoms with Gasteiger partial charge in [-0.15, -0.1) is 5.10 Å². The third-order valence-corrected chi connectivity index (χ3v) is 3.66. The number of aryl methyl sites for hydroxylation is 2. The Hall–Kier alpha value is -3.29. The minimum Gasteiger partial charge on any atom is -0.486 e. The fourth-order valence-corrected chi connectivity index (χ4v) is 2.36. The first-order chi connectivity index (χ1) is 12.1. The molecule has 0 spiro atoms. The highest BCUT2D eigenvalue weighted by Crippen LogP contribution is 2.27. The van der Waals surface area contributed by atoms with Crippen LogP contribution in [0.25, 0.3) is 11.3 Å². The van der Waals surface area contributed by atoms with E-state index < -0.39 is 5.91 Å². The minimum atomic E-state index is -0.702. The van der Waals surface area contributed by atoms with Gasteiger partial charge in [0.05, 0.1) is 11.8 Å². The number of hydrogen-bond donors (Lipinski definition) is 1. The molecule has 0 aliphatic rings. The van der Waals surface area contributed by atoms with E-state index in [1.165, 1.54) is 6.20 Å². The zero-order valence-corrected chi connectivity index (χ0v) is 13.9. The summed E-state index contributed by atoms with van der Waals surface area (Å²) in [6, 6.07) is 5.36. The lowest BCUT2D eigenvalue weighted by atomic mass is 10.1. The third kappa shape index (κ3) is 3.47. The number of carbonyl (C=O) groups excluding carboxylic acids is 1. The first kappa shape index (κ1) is 16.6. The Labute approximate surface area is 144 Å². The standard InChI is InChI=1S/C17H17N5O3/c1-3-13-12(9-24-14-6-7-20-21-16(14)17(18)23)15(22-25-13)11-5-4-10(2)19-8-11/h4-8H,3,9H2,1-2H3,(H2,18,23). The van der Waals surface area contributed by atoms with Gasteiger partial charge in [-0.05, 0) is 19.1 Å². The first-order valence-corrected chi connectivity index (χ1v) is 7.75. The number of primary amides is 1. The number of hydrogen-bond acceptors (Lipinski definition) is 7. The van der Waals surface area contributed by atoms with E-state index in [4.69, 9.17) is 15.0 Å². The lowest BCUT2D eigenvalue weighted by molar-refractivity contribution is 0.0989. The van der Waals surface area contributed by atoms with Gasteiger partial charge in [0.15, 0.2) is 11.4 Å². The summed E-state index contributed by atoms with van der Waals surface area (Å²) in [7, 11) is 0. The van der Waals surface area contributed by atoms with Crippen LogP contribution in [0.5, 0.6) is 5.75 Å². The maximum atomic E-state index is 11.4. The topological polar surface area (TPSA) is 117 Å². The van der Waals surface area contributed by atoms with Crippen LogP contribution >= 0.6 is 0 Å². The molecular formula is C17H17N5O3. The number of carbonyl (C=O) groups is 1. The van der Waals surface area contributed by atoms with Gasteiger partial charge in [-0.1, -0.05) is 12.1 Å². The summed E-state index contributed by atoms with van der Waals surface area (Å²) >= 11 is 0. The molecule has 0 unspecified atom stereocenters. The second kappa shape index (κ2) is 7.08. The number of aromatic nitrogens is 4. The molecule has 3 aromatic rings. The van der Waals surface area contributed by atoms with Crippen LogP contribution in [0.2, 0.25) is 0 Å². The smallest absolute Gasteiger partial charge is 0.273 e. The Kier molecular flexibility index (Phi) is 4.69. The predicted molar refractivity (Wildman–Crippen MR) is 88.7 cm³/mol. The van der Waals surface area contributed by atoms with Crippen molar-refractivity contribution in [1.29, 1.82) is 0 Å². The van der Waals surface area contributed by atoms with Crippen molar-refractivity contribution >= 4 is 5.91 Å². The molecule has 8 nitrogen and oxygen atoms in total. The summed E-state index contributed by atoms with van der Waals surface area (Å²) in [6.45, 7) is 4.03. The quantitative estimate of drug-likeness (QED) is 0.730. The summed E-state index contributed by atoms with van der Waals surface area (Å²) in [5.74, 6) is 0.268. The monoisotopic (exact) mass is 339 g/mol. The second-order valence-corrected chi connectivity index (χ2v) is 5.37. The van der Waals surface area contributed by atoms with Crippen molar-refractivity contribution in [3.63, 3.8) is 0 Å². The van der Waals surface area contributed by atoms with Gasteiger partial charge in [-0.25, -0.2) is 0 Å². The van der Waals surface area contributed by atoms with Crippen LogP contribution in [-0.2, 0) is 13.0 Å². The molecule has 3 aromatic heterocycles. The lowest BCUT2D eigenvalue weighted by Gasteiger charge is -2.09. The number of pyridine rings is 1. The van der Waals surface area contributed by atoms with Gasteiger partial charge in [-0.2, -0.15) is 5.10 Å². The molecule has 2 N–H and O–H groups in total. The molecule has 0 fully saturated rings. The van der Waals surface area contributed by atoms with Crippen LogP contribution in [0, 0.1) is 6.92 Å². The highest BCUT2D eigenvalue weighted by atomic mass is 16.5. The van der Waals surface area contributed by atoms with E-state index >= 15 is 0 Å². The van der Waals surface area contributed by atoms with Crippen LogP contribution in [-0.4, -0.2) is 26.2 Å². The van der Waals surface area contributed by atoms with Crippen molar-refractivity contribution in [2.24, 2.45) is 5.73 Å². The third-order valence-electron chi connectivity index (χ3n) is 3.66. The Morgan fingerprint density at radius 1 is 1.32 bits per heavy atom. The fraction of sp³-hybridized carbons (Fsp3) is 0.235. The second-order valence-electron chi connectivity index (χ2n) is 5.37. The molecule has 1 amide bonds. The molecule has 0 aliphatic carbocycles. The number of nitrogens with zero attached hydrogens (tertiary/aromatic N) is 4. The zero-order chi connectivity index (χ0) is 17.8. The molecule has 0 radical (unpaired) electrons. The summed E-state index contributed by atoms with van der Waals surface area (Å²) in [5.41, 5.74) is 8.47. The Balaban J connectivity index is 1.91. The zero-order valence-electron chi connectivity index (χ0n) is 13.9. The van der Waals surface area contributed by atoms with Gasteiger partial charge in [0.2, 0.25) is 0 Å². The molecule has 3 rings (SSSR count). The van der Waals surface area contributed by atoms with Crippen molar-refractivity contribution in [2.45, 2.75) is 26.9 Å².